The van der Waals surface area contributed by atoms with Gasteiger partial charge in [0.2, 0.25) is 0 Å². The van der Waals surface area contributed by atoms with Crippen molar-refractivity contribution in [1.82, 2.24) is 10.3 Å². The summed E-state index contributed by atoms with van der Waals surface area (Å²) in [5.74, 6) is 0.787. The number of hydrogen-bond donors (Lipinski definition) is 0. The Bertz CT molecular complexity index is 194. The molecule has 1 rings (SSSR count). The fourth-order valence-corrected chi connectivity index (χ4v) is 0.632. The van der Waals surface area contributed by atoms with Crippen molar-refractivity contribution in [2.75, 3.05) is 19.0 Å². The summed E-state index contributed by atoms with van der Waals surface area (Å²) in [5, 5.41) is 7.27. The molecule has 50 valence electrons. The van der Waals surface area contributed by atoms with Crippen LogP contribution in [0, 0.1) is 6.92 Å². The van der Waals surface area contributed by atoms with Crippen LogP contribution in [0.3, 0.4) is 0 Å². The number of hydrogen-bond acceptors (Lipinski definition) is 4. The lowest BCUT2D eigenvalue weighted by molar-refractivity contribution is 0.305. The van der Waals surface area contributed by atoms with E-state index in [0.717, 1.165) is 11.5 Å². The van der Waals surface area contributed by atoms with E-state index in [-0.39, 0.29) is 0 Å². The molecule has 0 aromatic carbocycles. The van der Waals surface area contributed by atoms with E-state index in [1.807, 2.05) is 25.9 Å². The molecule has 0 fully saturated rings. The van der Waals surface area contributed by atoms with Gasteiger partial charge >= 0.3 is 0 Å². The number of nitrogens with zero attached hydrogens (tertiary/aromatic N) is 3. The minimum Gasteiger partial charge on any atom is -0.358 e. The summed E-state index contributed by atoms with van der Waals surface area (Å²) in [7, 11) is 3.79. The molecule has 0 saturated heterocycles. The average Bonchev–Trinajstić information content (AvgIpc) is 2.13. The van der Waals surface area contributed by atoms with Gasteiger partial charge in [-0.3, -0.25) is 0 Å². The van der Waals surface area contributed by atoms with Gasteiger partial charge in [0, 0.05) is 14.1 Å². The van der Waals surface area contributed by atoms with Crippen molar-refractivity contribution >= 4 is 5.82 Å². The molecule has 0 amide bonds. The first-order valence-electron chi connectivity index (χ1n) is 2.68. The van der Waals surface area contributed by atoms with Gasteiger partial charge in [-0.1, -0.05) is 5.16 Å². The van der Waals surface area contributed by atoms with Gasteiger partial charge in [-0.05, 0) is 12.1 Å². The molecule has 0 atom stereocenters. The van der Waals surface area contributed by atoms with Crippen LogP contribution in [0.25, 0.3) is 0 Å². The first-order chi connectivity index (χ1) is 4.22. The largest absolute Gasteiger partial charge is 0.358 e. The second-order valence-electron chi connectivity index (χ2n) is 2.07. The highest BCUT2D eigenvalue weighted by Gasteiger charge is 2.04. The van der Waals surface area contributed by atoms with Crippen LogP contribution < -0.4 is 4.90 Å². The highest BCUT2D eigenvalue weighted by Crippen LogP contribution is 2.09. The molecule has 4 nitrogen and oxygen atoms in total. The topological polar surface area (TPSA) is 42.2 Å². The SMILES string of the molecule is Cc1nonc1N(C)C. The number of rotatable bonds is 1. The Balaban J connectivity index is 2.94. The first-order valence-corrected chi connectivity index (χ1v) is 2.68. The highest BCUT2D eigenvalue weighted by molar-refractivity contribution is 5.38. The van der Waals surface area contributed by atoms with Crippen molar-refractivity contribution in [2.45, 2.75) is 6.92 Å². The van der Waals surface area contributed by atoms with Crippen LogP contribution in [0.15, 0.2) is 4.63 Å². The number of anilines is 1. The Morgan fingerprint density at radius 2 is 2.00 bits per heavy atom. The maximum atomic E-state index is 4.46. The molecule has 1 aromatic rings. The molecule has 9 heavy (non-hydrogen) atoms. The number of aryl methyl sites for hydroxylation is 1. The van der Waals surface area contributed by atoms with Gasteiger partial charge in [0.1, 0.15) is 5.69 Å². The van der Waals surface area contributed by atoms with Crippen molar-refractivity contribution in [3.8, 4) is 0 Å². The average molecular weight is 127 g/mol. The van der Waals surface area contributed by atoms with Crippen LogP contribution >= 0.6 is 0 Å². The van der Waals surface area contributed by atoms with Gasteiger partial charge in [-0.2, -0.15) is 0 Å². The van der Waals surface area contributed by atoms with Crippen LogP contribution in [-0.4, -0.2) is 24.4 Å². The van der Waals surface area contributed by atoms with Crippen LogP contribution in [0.5, 0.6) is 0 Å². The van der Waals surface area contributed by atoms with E-state index in [1.165, 1.54) is 0 Å². The van der Waals surface area contributed by atoms with E-state index in [9.17, 15) is 0 Å². The quantitative estimate of drug-likeness (QED) is 0.549. The van der Waals surface area contributed by atoms with Gasteiger partial charge in [0.15, 0.2) is 5.82 Å². The van der Waals surface area contributed by atoms with Crippen molar-refractivity contribution in [3.05, 3.63) is 5.69 Å². The molecule has 1 aromatic heterocycles. The Morgan fingerprint density at radius 3 is 2.22 bits per heavy atom. The van der Waals surface area contributed by atoms with E-state index >= 15 is 0 Å². The van der Waals surface area contributed by atoms with Gasteiger partial charge in [-0.25, -0.2) is 4.63 Å². The molecule has 1 heterocycles. The maximum absolute atomic E-state index is 4.46. The standard InChI is InChI=1S/C5H9N3O/c1-4-5(8(2)3)7-9-6-4/h1-3H3. The summed E-state index contributed by atoms with van der Waals surface area (Å²) < 4.78 is 4.46. The molecule has 0 aliphatic heterocycles. The molecule has 4 heteroatoms. The van der Waals surface area contributed by atoms with E-state index < -0.39 is 0 Å². The van der Waals surface area contributed by atoms with E-state index in [0.29, 0.717) is 0 Å². The summed E-state index contributed by atoms with van der Waals surface area (Å²) in [6.45, 7) is 1.85. The normalized spacial score (nSPS) is 9.67. The van der Waals surface area contributed by atoms with E-state index in [2.05, 4.69) is 14.9 Å². The molecular formula is C5H9N3O. The highest BCUT2D eigenvalue weighted by atomic mass is 16.6. The Labute approximate surface area is 53.4 Å². The smallest absolute Gasteiger partial charge is 0.195 e. The van der Waals surface area contributed by atoms with Crippen molar-refractivity contribution in [2.24, 2.45) is 0 Å². The second-order valence-corrected chi connectivity index (χ2v) is 2.07. The summed E-state index contributed by atoms with van der Waals surface area (Å²) in [6, 6.07) is 0. The Hall–Kier alpha value is -1.06. The summed E-state index contributed by atoms with van der Waals surface area (Å²) in [6.07, 6.45) is 0. The third kappa shape index (κ3) is 1.01. The first kappa shape index (κ1) is 6.07. The lowest BCUT2D eigenvalue weighted by Gasteiger charge is -2.05. The molecule has 0 N–H and O–H groups in total. The molecular weight excluding hydrogens is 118 g/mol. The van der Waals surface area contributed by atoms with E-state index in [1.54, 1.807) is 0 Å². The molecule has 0 spiro atoms. The zero-order chi connectivity index (χ0) is 6.85. The van der Waals surface area contributed by atoms with Crippen LogP contribution in [0.2, 0.25) is 0 Å². The van der Waals surface area contributed by atoms with E-state index in [4.69, 9.17) is 0 Å². The van der Waals surface area contributed by atoms with Gasteiger partial charge in [0.05, 0.1) is 0 Å². The Kier molecular flexibility index (Phi) is 1.38. The van der Waals surface area contributed by atoms with Crippen LogP contribution in [-0.2, 0) is 0 Å². The molecule has 0 unspecified atom stereocenters. The maximum Gasteiger partial charge on any atom is 0.195 e. The summed E-state index contributed by atoms with van der Waals surface area (Å²) in [5.41, 5.74) is 0.819. The predicted molar refractivity (Wildman–Crippen MR) is 33.4 cm³/mol. The fraction of sp³-hybridized carbons (Fsp3) is 0.600. The minimum absolute atomic E-state index is 0.787. The third-order valence-corrected chi connectivity index (χ3v) is 1.05. The zero-order valence-corrected chi connectivity index (χ0v) is 5.75. The lowest BCUT2D eigenvalue weighted by Crippen LogP contribution is -2.09. The lowest BCUT2D eigenvalue weighted by atomic mass is 10.5. The molecule has 0 aliphatic carbocycles. The van der Waals surface area contributed by atoms with Crippen LogP contribution in [0.1, 0.15) is 5.69 Å². The molecule has 0 bridgehead atoms. The second kappa shape index (κ2) is 2.05. The van der Waals surface area contributed by atoms with Gasteiger partial charge in [-0.15, -0.1) is 0 Å². The zero-order valence-electron chi connectivity index (χ0n) is 5.75. The summed E-state index contributed by atoms with van der Waals surface area (Å²) in [4.78, 5) is 1.85. The van der Waals surface area contributed by atoms with Gasteiger partial charge in [0.25, 0.3) is 0 Å². The molecule has 0 aliphatic rings. The van der Waals surface area contributed by atoms with Gasteiger partial charge < -0.3 is 4.90 Å². The molecule has 0 saturated carbocycles. The monoisotopic (exact) mass is 127 g/mol. The van der Waals surface area contributed by atoms with Crippen molar-refractivity contribution < 1.29 is 4.63 Å². The number of aromatic nitrogens is 2. The van der Waals surface area contributed by atoms with Crippen LogP contribution in [0.4, 0.5) is 5.82 Å². The van der Waals surface area contributed by atoms with Crippen molar-refractivity contribution in [3.63, 3.8) is 0 Å². The van der Waals surface area contributed by atoms with Crippen molar-refractivity contribution in [1.29, 1.82) is 0 Å². The third-order valence-electron chi connectivity index (χ3n) is 1.05. The summed E-state index contributed by atoms with van der Waals surface area (Å²) >= 11 is 0. The fourth-order valence-electron chi connectivity index (χ4n) is 0.632. The molecule has 0 radical (unpaired) electrons. The predicted octanol–water partition coefficient (Wildman–Crippen LogP) is 0.444. The Morgan fingerprint density at radius 1 is 1.33 bits per heavy atom. The minimum atomic E-state index is 0.787.